The fourth-order valence-electron chi connectivity index (χ4n) is 1.55. The Hall–Kier alpha value is -0.770. The molecular weight excluding hydrogens is 335 g/mol. The number of alkyl halides is 1. The van der Waals surface area contributed by atoms with Gasteiger partial charge in [0.1, 0.15) is 5.82 Å². The number of halogens is 3. The Bertz CT molecular complexity index is 546. The first kappa shape index (κ1) is 13.7. The third kappa shape index (κ3) is 3.61. The van der Waals surface area contributed by atoms with Crippen molar-refractivity contribution in [2.75, 3.05) is 5.32 Å². The van der Waals surface area contributed by atoms with Crippen molar-refractivity contribution >= 4 is 44.9 Å². The quantitative estimate of drug-likeness (QED) is 0.801. The second kappa shape index (κ2) is 6.41. The summed E-state index contributed by atoms with van der Waals surface area (Å²) in [6.07, 6.45) is 1.71. The van der Waals surface area contributed by atoms with Gasteiger partial charge >= 0.3 is 0 Å². The fourth-order valence-corrected chi connectivity index (χ4v) is 2.42. The van der Waals surface area contributed by atoms with Gasteiger partial charge in [0, 0.05) is 23.1 Å². The van der Waals surface area contributed by atoms with E-state index in [2.05, 4.69) is 32.3 Å². The zero-order valence-corrected chi connectivity index (χ0v) is 12.6. The molecule has 0 fully saturated rings. The summed E-state index contributed by atoms with van der Waals surface area (Å²) in [5, 5.41) is 3.80. The van der Waals surface area contributed by atoms with Crippen molar-refractivity contribution in [2.24, 2.45) is 0 Å². The van der Waals surface area contributed by atoms with Gasteiger partial charge in [-0.15, -0.1) is 11.6 Å². The van der Waals surface area contributed by atoms with Crippen LogP contribution in [0.1, 0.15) is 11.1 Å². The minimum atomic E-state index is 0.519. The summed E-state index contributed by atoms with van der Waals surface area (Å²) in [5.41, 5.74) is 2.25. The van der Waals surface area contributed by atoms with E-state index in [1.165, 1.54) is 0 Å². The first-order valence-electron chi connectivity index (χ1n) is 5.38. The van der Waals surface area contributed by atoms with E-state index in [4.69, 9.17) is 23.2 Å². The van der Waals surface area contributed by atoms with Gasteiger partial charge in [-0.2, -0.15) is 0 Å². The van der Waals surface area contributed by atoms with Gasteiger partial charge < -0.3 is 5.32 Å². The molecule has 0 atom stereocenters. The van der Waals surface area contributed by atoms with Gasteiger partial charge in [0.2, 0.25) is 0 Å². The standard InChI is InChI=1S/C13H11BrCl2N2/c14-11-5-12(16)13(18-8-11)17-7-10-3-1-2-9(4-10)6-15/h1-5,8H,6-7H2,(H,17,18). The van der Waals surface area contributed by atoms with Crippen LogP contribution in [0.5, 0.6) is 0 Å². The predicted octanol–water partition coefficient (Wildman–Crippen LogP) is 4.85. The molecule has 94 valence electrons. The van der Waals surface area contributed by atoms with Crippen molar-refractivity contribution in [1.29, 1.82) is 0 Å². The van der Waals surface area contributed by atoms with Crippen LogP contribution in [-0.2, 0) is 12.4 Å². The van der Waals surface area contributed by atoms with E-state index in [1.807, 2.05) is 24.3 Å². The average Bonchev–Trinajstić information content (AvgIpc) is 2.38. The molecule has 0 saturated carbocycles. The number of nitrogens with one attached hydrogen (secondary N) is 1. The van der Waals surface area contributed by atoms with E-state index in [0.717, 1.165) is 15.6 Å². The zero-order chi connectivity index (χ0) is 13.0. The highest BCUT2D eigenvalue weighted by Gasteiger charge is 2.02. The lowest BCUT2D eigenvalue weighted by Crippen LogP contribution is -2.02. The molecule has 1 N–H and O–H groups in total. The van der Waals surface area contributed by atoms with E-state index in [-0.39, 0.29) is 0 Å². The van der Waals surface area contributed by atoms with Crippen molar-refractivity contribution in [1.82, 2.24) is 4.98 Å². The summed E-state index contributed by atoms with van der Waals surface area (Å²) in [5.74, 6) is 1.20. The van der Waals surface area contributed by atoms with Gasteiger partial charge in [0.15, 0.2) is 0 Å². The molecule has 0 unspecified atom stereocenters. The van der Waals surface area contributed by atoms with E-state index in [1.54, 1.807) is 6.20 Å². The fraction of sp³-hybridized carbons (Fsp3) is 0.154. The molecule has 0 aliphatic carbocycles. The number of benzene rings is 1. The first-order valence-corrected chi connectivity index (χ1v) is 7.08. The predicted molar refractivity (Wildman–Crippen MR) is 80.3 cm³/mol. The van der Waals surface area contributed by atoms with Gasteiger partial charge in [-0.25, -0.2) is 4.98 Å². The second-order valence-electron chi connectivity index (χ2n) is 3.79. The summed E-state index contributed by atoms with van der Waals surface area (Å²) >= 11 is 15.2. The zero-order valence-electron chi connectivity index (χ0n) is 9.46. The smallest absolute Gasteiger partial charge is 0.145 e. The molecule has 2 rings (SSSR count). The minimum Gasteiger partial charge on any atom is -0.365 e. The third-order valence-corrected chi connectivity index (χ3v) is 3.44. The maximum atomic E-state index is 6.08. The molecule has 1 aromatic heterocycles. The number of nitrogens with zero attached hydrogens (tertiary/aromatic N) is 1. The van der Waals surface area contributed by atoms with Gasteiger partial charge in [-0.3, -0.25) is 0 Å². The molecule has 0 saturated heterocycles. The second-order valence-corrected chi connectivity index (χ2v) is 5.38. The Morgan fingerprint density at radius 3 is 2.72 bits per heavy atom. The molecule has 0 aliphatic rings. The first-order chi connectivity index (χ1) is 8.69. The molecule has 5 heteroatoms. The van der Waals surface area contributed by atoms with Crippen LogP contribution in [0, 0.1) is 0 Å². The normalized spacial score (nSPS) is 10.4. The lowest BCUT2D eigenvalue weighted by Gasteiger charge is -2.08. The molecule has 1 aromatic carbocycles. The molecule has 0 bridgehead atoms. The van der Waals surface area contributed by atoms with Crippen molar-refractivity contribution in [3.05, 3.63) is 57.2 Å². The Morgan fingerprint density at radius 2 is 2.00 bits per heavy atom. The van der Waals surface area contributed by atoms with E-state index < -0.39 is 0 Å². The molecular formula is C13H11BrCl2N2. The molecule has 2 nitrogen and oxygen atoms in total. The highest BCUT2D eigenvalue weighted by molar-refractivity contribution is 9.10. The number of aromatic nitrogens is 1. The molecule has 0 spiro atoms. The van der Waals surface area contributed by atoms with Crippen molar-refractivity contribution in [2.45, 2.75) is 12.4 Å². The van der Waals surface area contributed by atoms with E-state index in [0.29, 0.717) is 23.3 Å². The van der Waals surface area contributed by atoms with E-state index in [9.17, 15) is 0 Å². The van der Waals surface area contributed by atoms with E-state index >= 15 is 0 Å². The molecule has 2 aromatic rings. The maximum absolute atomic E-state index is 6.08. The van der Waals surface area contributed by atoms with Gasteiger partial charge in [-0.1, -0.05) is 35.9 Å². The monoisotopic (exact) mass is 344 g/mol. The minimum absolute atomic E-state index is 0.519. The highest BCUT2D eigenvalue weighted by atomic mass is 79.9. The summed E-state index contributed by atoms with van der Waals surface area (Å²) in [6.45, 7) is 0.666. The number of hydrogen-bond acceptors (Lipinski definition) is 2. The lowest BCUT2D eigenvalue weighted by molar-refractivity contribution is 1.10. The van der Waals surface area contributed by atoms with Crippen LogP contribution in [0.4, 0.5) is 5.82 Å². The van der Waals surface area contributed by atoms with Crippen LogP contribution >= 0.6 is 39.1 Å². The summed E-state index contributed by atoms with van der Waals surface area (Å²) < 4.78 is 0.863. The van der Waals surface area contributed by atoms with Crippen LogP contribution in [0.3, 0.4) is 0 Å². The van der Waals surface area contributed by atoms with Gasteiger partial charge in [-0.05, 0) is 33.1 Å². The highest BCUT2D eigenvalue weighted by Crippen LogP contribution is 2.23. The molecule has 18 heavy (non-hydrogen) atoms. The van der Waals surface area contributed by atoms with Crippen LogP contribution < -0.4 is 5.32 Å². The third-order valence-electron chi connectivity index (χ3n) is 2.41. The number of anilines is 1. The maximum Gasteiger partial charge on any atom is 0.145 e. The number of rotatable bonds is 4. The number of hydrogen-bond donors (Lipinski definition) is 1. The van der Waals surface area contributed by atoms with Crippen LogP contribution in [0.2, 0.25) is 5.02 Å². The lowest BCUT2D eigenvalue weighted by atomic mass is 10.1. The summed E-state index contributed by atoms with van der Waals surface area (Å²) in [6, 6.07) is 9.90. The topological polar surface area (TPSA) is 24.9 Å². The Morgan fingerprint density at radius 1 is 1.22 bits per heavy atom. The SMILES string of the molecule is ClCc1cccc(CNc2ncc(Br)cc2Cl)c1. The molecule has 0 aliphatic heterocycles. The Balaban J connectivity index is 2.06. The van der Waals surface area contributed by atoms with Crippen molar-refractivity contribution < 1.29 is 0 Å². The summed E-state index contributed by atoms with van der Waals surface area (Å²) in [4.78, 5) is 4.22. The average molecular weight is 346 g/mol. The molecule has 0 radical (unpaired) electrons. The van der Waals surface area contributed by atoms with Crippen LogP contribution in [0.25, 0.3) is 0 Å². The summed E-state index contributed by atoms with van der Waals surface area (Å²) in [7, 11) is 0. The van der Waals surface area contributed by atoms with Crippen molar-refractivity contribution in [3.63, 3.8) is 0 Å². The Kier molecular flexibility index (Phi) is 4.87. The molecule has 1 heterocycles. The molecule has 0 amide bonds. The van der Waals surface area contributed by atoms with Gasteiger partial charge in [0.05, 0.1) is 5.02 Å². The van der Waals surface area contributed by atoms with Gasteiger partial charge in [0.25, 0.3) is 0 Å². The number of pyridine rings is 1. The van der Waals surface area contributed by atoms with Crippen molar-refractivity contribution in [3.8, 4) is 0 Å². The largest absolute Gasteiger partial charge is 0.365 e. The van der Waals surface area contributed by atoms with Crippen LogP contribution in [-0.4, -0.2) is 4.98 Å². The van der Waals surface area contributed by atoms with Crippen LogP contribution in [0.15, 0.2) is 41.0 Å². The Labute approximate surface area is 124 Å².